The van der Waals surface area contributed by atoms with Crippen molar-refractivity contribution in [3.05, 3.63) is 0 Å². The zero-order chi connectivity index (χ0) is 9.90. The lowest BCUT2D eigenvalue weighted by molar-refractivity contribution is -0.115. The molecule has 2 nitrogen and oxygen atoms in total. The lowest BCUT2D eigenvalue weighted by atomic mass is 9.92. The van der Waals surface area contributed by atoms with E-state index in [-0.39, 0.29) is 5.41 Å². The number of hydrogen-bond acceptors (Lipinski definition) is 2. The fourth-order valence-corrected chi connectivity index (χ4v) is 2.04. The zero-order valence-electron chi connectivity index (χ0n) is 9.05. The molecule has 0 amide bonds. The van der Waals surface area contributed by atoms with Crippen LogP contribution in [0.1, 0.15) is 33.6 Å². The quantitative estimate of drug-likeness (QED) is 0.623. The van der Waals surface area contributed by atoms with Crippen LogP contribution in [0.4, 0.5) is 0 Å². The SMILES string of the molecule is C[C@H]1CCCN(CC(C)(C)C=O)C1. The molecule has 1 atom stereocenters. The van der Waals surface area contributed by atoms with Crippen molar-refractivity contribution in [2.45, 2.75) is 33.6 Å². The summed E-state index contributed by atoms with van der Waals surface area (Å²) < 4.78 is 0. The van der Waals surface area contributed by atoms with Gasteiger partial charge in [0.25, 0.3) is 0 Å². The fourth-order valence-electron chi connectivity index (χ4n) is 2.04. The van der Waals surface area contributed by atoms with Crippen LogP contribution in [0.2, 0.25) is 0 Å². The van der Waals surface area contributed by atoms with Crippen LogP contribution in [-0.4, -0.2) is 30.8 Å². The van der Waals surface area contributed by atoms with Crippen LogP contribution in [0.25, 0.3) is 0 Å². The first-order chi connectivity index (χ1) is 6.03. The average Bonchev–Trinajstić information content (AvgIpc) is 2.03. The smallest absolute Gasteiger partial charge is 0.126 e. The van der Waals surface area contributed by atoms with Gasteiger partial charge >= 0.3 is 0 Å². The van der Waals surface area contributed by atoms with E-state index in [1.54, 1.807) is 0 Å². The van der Waals surface area contributed by atoms with Gasteiger partial charge in [-0.05, 0) is 25.3 Å². The van der Waals surface area contributed by atoms with Gasteiger partial charge in [-0.25, -0.2) is 0 Å². The van der Waals surface area contributed by atoms with Gasteiger partial charge < -0.3 is 9.69 Å². The van der Waals surface area contributed by atoms with Gasteiger partial charge in [0, 0.05) is 18.5 Å². The number of carbonyl (C=O) groups excluding carboxylic acids is 1. The lowest BCUT2D eigenvalue weighted by Gasteiger charge is -2.34. The van der Waals surface area contributed by atoms with Crippen LogP contribution in [0.5, 0.6) is 0 Å². The highest BCUT2D eigenvalue weighted by Crippen LogP contribution is 2.20. The second-order valence-corrected chi connectivity index (χ2v) is 5.09. The van der Waals surface area contributed by atoms with Gasteiger partial charge in [0.15, 0.2) is 0 Å². The van der Waals surface area contributed by atoms with Crippen molar-refractivity contribution in [2.75, 3.05) is 19.6 Å². The highest BCUT2D eigenvalue weighted by molar-refractivity contribution is 5.58. The molecule has 1 rings (SSSR count). The van der Waals surface area contributed by atoms with Gasteiger partial charge in [-0.2, -0.15) is 0 Å². The van der Waals surface area contributed by atoms with E-state index in [1.807, 2.05) is 13.8 Å². The maximum Gasteiger partial charge on any atom is 0.126 e. The molecule has 1 fully saturated rings. The second kappa shape index (κ2) is 4.23. The van der Waals surface area contributed by atoms with Crippen molar-refractivity contribution >= 4 is 6.29 Å². The molecule has 76 valence electrons. The highest BCUT2D eigenvalue weighted by atomic mass is 16.1. The van der Waals surface area contributed by atoms with Crippen LogP contribution < -0.4 is 0 Å². The Morgan fingerprint density at radius 3 is 2.77 bits per heavy atom. The molecule has 0 aliphatic carbocycles. The topological polar surface area (TPSA) is 20.3 Å². The van der Waals surface area contributed by atoms with Crippen molar-refractivity contribution in [1.29, 1.82) is 0 Å². The molecule has 1 saturated heterocycles. The van der Waals surface area contributed by atoms with Gasteiger partial charge in [-0.1, -0.05) is 20.8 Å². The first kappa shape index (κ1) is 10.7. The molecular formula is C11H21NO. The minimum absolute atomic E-state index is 0.170. The summed E-state index contributed by atoms with van der Waals surface area (Å²) in [6.45, 7) is 9.57. The van der Waals surface area contributed by atoms with Crippen LogP contribution >= 0.6 is 0 Å². The van der Waals surface area contributed by atoms with Crippen molar-refractivity contribution in [3.8, 4) is 0 Å². The summed E-state index contributed by atoms with van der Waals surface area (Å²) in [5.74, 6) is 0.802. The fraction of sp³-hybridized carbons (Fsp3) is 0.909. The molecule has 0 aromatic rings. The zero-order valence-corrected chi connectivity index (χ0v) is 9.05. The molecular weight excluding hydrogens is 162 g/mol. The van der Waals surface area contributed by atoms with E-state index in [9.17, 15) is 4.79 Å². The molecule has 0 spiro atoms. The molecule has 1 aliphatic rings. The third-order valence-corrected chi connectivity index (χ3v) is 2.69. The lowest BCUT2D eigenvalue weighted by Crippen LogP contribution is -2.41. The van der Waals surface area contributed by atoms with Gasteiger partial charge in [0.1, 0.15) is 6.29 Å². The average molecular weight is 183 g/mol. The van der Waals surface area contributed by atoms with Crippen molar-refractivity contribution in [2.24, 2.45) is 11.3 Å². The molecule has 0 N–H and O–H groups in total. The standard InChI is InChI=1S/C11H21NO/c1-10-5-4-6-12(7-10)8-11(2,3)9-13/h9-10H,4-8H2,1-3H3/t10-/m0/s1. The van der Waals surface area contributed by atoms with Crippen LogP contribution in [0.3, 0.4) is 0 Å². The van der Waals surface area contributed by atoms with E-state index in [0.29, 0.717) is 0 Å². The number of hydrogen-bond donors (Lipinski definition) is 0. The molecule has 1 aliphatic heterocycles. The first-order valence-corrected chi connectivity index (χ1v) is 5.22. The summed E-state index contributed by atoms with van der Waals surface area (Å²) >= 11 is 0. The van der Waals surface area contributed by atoms with Gasteiger partial charge in [0.2, 0.25) is 0 Å². The number of nitrogens with zero attached hydrogens (tertiary/aromatic N) is 1. The van der Waals surface area contributed by atoms with Gasteiger partial charge in [0.05, 0.1) is 0 Å². The molecule has 0 unspecified atom stereocenters. The third kappa shape index (κ3) is 3.47. The van der Waals surface area contributed by atoms with Crippen molar-refractivity contribution < 1.29 is 4.79 Å². The molecule has 2 heteroatoms. The van der Waals surface area contributed by atoms with Crippen LogP contribution in [-0.2, 0) is 4.79 Å². The maximum absolute atomic E-state index is 10.8. The Labute approximate surface area is 81.3 Å². The van der Waals surface area contributed by atoms with Crippen molar-refractivity contribution in [3.63, 3.8) is 0 Å². The highest BCUT2D eigenvalue weighted by Gasteiger charge is 2.24. The molecule has 0 saturated carbocycles. The van der Waals surface area contributed by atoms with E-state index >= 15 is 0 Å². The van der Waals surface area contributed by atoms with Crippen LogP contribution in [0.15, 0.2) is 0 Å². The predicted octanol–water partition coefficient (Wildman–Crippen LogP) is 1.94. The minimum atomic E-state index is -0.170. The maximum atomic E-state index is 10.8. The Morgan fingerprint density at radius 1 is 1.54 bits per heavy atom. The summed E-state index contributed by atoms with van der Waals surface area (Å²) in [7, 11) is 0. The molecule has 0 aromatic heterocycles. The number of aldehydes is 1. The van der Waals surface area contributed by atoms with Crippen molar-refractivity contribution in [1.82, 2.24) is 4.90 Å². The molecule has 1 heterocycles. The molecule has 0 radical (unpaired) electrons. The van der Waals surface area contributed by atoms with Crippen LogP contribution in [0, 0.1) is 11.3 Å². The molecule has 0 bridgehead atoms. The Bertz CT molecular complexity index is 177. The number of rotatable bonds is 3. The number of piperidine rings is 1. The molecule has 13 heavy (non-hydrogen) atoms. The number of likely N-dealkylation sites (tertiary alicyclic amines) is 1. The van der Waals surface area contributed by atoms with Gasteiger partial charge in [-0.15, -0.1) is 0 Å². The van der Waals surface area contributed by atoms with E-state index < -0.39 is 0 Å². The predicted molar refractivity (Wildman–Crippen MR) is 54.7 cm³/mol. The Hall–Kier alpha value is -0.370. The largest absolute Gasteiger partial charge is 0.303 e. The van der Waals surface area contributed by atoms with Gasteiger partial charge in [-0.3, -0.25) is 0 Å². The van der Waals surface area contributed by atoms with E-state index in [0.717, 1.165) is 25.3 Å². The summed E-state index contributed by atoms with van der Waals surface area (Å²) in [5.41, 5.74) is -0.170. The van der Waals surface area contributed by atoms with E-state index in [2.05, 4.69) is 11.8 Å². The summed E-state index contributed by atoms with van der Waals surface area (Å²) in [5, 5.41) is 0. The Kier molecular flexibility index (Phi) is 3.48. The third-order valence-electron chi connectivity index (χ3n) is 2.69. The monoisotopic (exact) mass is 183 g/mol. The summed E-state index contributed by atoms with van der Waals surface area (Å²) in [6, 6.07) is 0. The minimum Gasteiger partial charge on any atom is -0.303 e. The number of carbonyl (C=O) groups is 1. The Balaban J connectivity index is 2.39. The molecule has 0 aromatic carbocycles. The first-order valence-electron chi connectivity index (χ1n) is 5.22. The normalized spacial score (nSPS) is 25.9. The van der Waals surface area contributed by atoms with E-state index in [1.165, 1.54) is 19.4 Å². The Morgan fingerprint density at radius 2 is 2.23 bits per heavy atom. The van der Waals surface area contributed by atoms with E-state index in [4.69, 9.17) is 0 Å². The summed E-state index contributed by atoms with van der Waals surface area (Å²) in [4.78, 5) is 13.2. The summed E-state index contributed by atoms with van der Waals surface area (Å²) in [6.07, 6.45) is 3.71. The second-order valence-electron chi connectivity index (χ2n) is 5.09.